The molecule has 0 N–H and O–H groups in total. The highest BCUT2D eigenvalue weighted by Gasteiger charge is 2.31. The number of aromatic nitrogens is 2. The molecule has 2 aromatic rings. The fourth-order valence-corrected chi connectivity index (χ4v) is 3.25. The van der Waals surface area contributed by atoms with E-state index in [0.29, 0.717) is 0 Å². The van der Waals surface area contributed by atoms with Crippen LogP contribution in [0.25, 0.3) is 5.69 Å². The molecule has 0 radical (unpaired) electrons. The highest BCUT2D eigenvalue weighted by molar-refractivity contribution is 5.33. The van der Waals surface area contributed by atoms with Gasteiger partial charge in [0.05, 0.1) is 12.3 Å². The van der Waals surface area contributed by atoms with Crippen LogP contribution in [0.3, 0.4) is 0 Å². The van der Waals surface area contributed by atoms with E-state index in [-0.39, 0.29) is 0 Å². The van der Waals surface area contributed by atoms with Crippen LogP contribution in [0.5, 0.6) is 0 Å². The van der Waals surface area contributed by atoms with Crippen molar-refractivity contribution in [2.24, 2.45) is 5.92 Å². The normalized spacial score (nSPS) is 21.6. The molecule has 2 heterocycles. The molecule has 1 saturated heterocycles. The fourth-order valence-electron chi connectivity index (χ4n) is 3.25. The molecular formula is C18H23N3O. The molecule has 4 rings (SSSR count). The lowest BCUT2D eigenvalue weighted by molar-refractivity contribution is 0.161. The van der Waals surface area contributed by atoms with E-state index in [2.05, 4.69) is 34.3 Å². The number of rotatable bonds is 6. The van der Waals surface area contributed by atoms with Gasteiger partial charge in [-0.05, 0) is 48.9 Å². The van der Waals surface area contributed by atoms with Gasteiger partial charge < -0.3 is 4.74 Å². The van der Waals surface area contributed by atoms with E-state index < -0.39 is 0 Å². The van der Waals surface area contributed by atoms with E-state index in [1.165, 1.54) is 31.4 Å². The quantitative estimate of drug-likeness (QED) is 0.821. The highest BCUT2D eigenvalue weighted by atomic mass is 16.5. The number of ether oxygens (including phenoxy) is 1. The lowest BCUT2D eigenvalue weighted by atomic mass is 10.1. The van der Waals surface area contributed by atoms with Crippen LogP contribution in [0.4, 0.5) is 0 Å². The first-order valence-corrected chi connectivity index (χ1v) is 8.29. The van der Waals surface area contributed by atoms with Crippen molar-refractivity contribution in [1.82, 2.24) is 14.7 Å². The standard InChI is InChI=1S/C18H23N3O/c1-9-19-21(10-1)18-4-2-15(3-5-18)12-20(17-6-7-17)13-16-8-11-22-14-16/h1-5,9-10,16-17H,6-8,11-14H2/t16-/m0/s1. The van der Waals surface area contributed by atoms with Crippen LogP contribution in [-0.2, 0) is 11.3 Å². The Morgan fingerprint density at radius 1 is 1.18 bits per heavy atom. The van der Waals surface area contributed by atoms with Gasteiger partial charge in [0.15, 0.2) is 0 Å². The third-order valence-corrected chi connectivity index (χ3v) is 4.67. The van der Waals surface area contributed by atoms with Crippen LogP contribution in [0.1, 0.15) is 24.8 Å². The lowest BCUT2D eigenvalue weighted by Crippen LogP contribution is -2.31. The van der Waals surface area contributed by atoms with Gasteiger partial charge in [-0.1, -0.05) is 12.1 Å². The Bertz CT molecular complexity index is 583. The second-order valence-corrected chi connectivity index (χ2v) is 6.51. The summed E-state index contributed by atoms with van der Waals surface area (Å²) in [6.07, 6.45) is 7.73. The molecule has 0 amide bonds. The first-order chi connectivity index (χ1) is 10.9. The molecule has 1 aliphatic carbocycles. The van der Waals surface area contributed by atoms with E-state index in [9.17, 15) is 0 Å². The number of benzene rings is 1. The highest BCUT2D eigenvalue weighted by Crippen LogP contribution is 2.30. The molecule has 2 aliphatic rings. The molecule has 1 saturated carbocycles. The van der Waals surface area contributed by atoms with E-state index >= 15 is 0 Å². The molecule has 1 aromatic heterocycles. The predicted octanol–water partition coefficient (Wildman–Crippen LogP) is 2.87. The van der Waals surface area contributed by atoms with Gasteiger partial charge in [-0.25, -0.2) is 4.68 Å². The third kappa shape index (κ3) is 3.23. The van der Waals surface area contributed by atoms with Crippen LogP contribution in [-0.4, -0.2) is 40.5 Å². The van der Waals surface area contributed by atoms with E-state index in [1.54, 1.807) is 0 Å². The average molecular weight is 297 g/mol. The second-order valence-electron chi connectivity index (χ2n) is 6.51. The Kier molecular flexibility index (Phi) is 3.95. The molecule has 22 heavy (non-hydrogen) atoms. The van der Waals surface area contributed by atoms with Gasteiger partial charge in [-0.15, -0.1) is 0 Å². The molecule has 1 aliphatic heterocycles. The maximum absolute atomic E-state index is 5.53. The van der Waals surface area contributed by atoms with Gasteiger partial charge in [0.2, 0.25) is 0 Å². The molecule has 0 unspecified atom stereocenters. The van der Waals surface area contributed by atoms with Crippen molar-refractivity contribution < 1.29 is 4.74 Å². The molecular weight excluding hydrogens is 274 g/mol. The molecule has 4 heteroatoms. The van der Waals surface area contributed by atoms with Gasteiger partial charge in [0.25, 0.3) is 0 Å². The Morgan fingerprint density at radius 2 is 2.05 bits per heavy atom. The predicted molar refractivity (Wildman–Crippen MR) is 85.9 cm³/mol. The number of hydrogen-bond donors (Lipinski definition) is 0. The molecule has 2 fully saturated rings. The van der Waals surface area contributed by atoms with Gasteiger partial charge in [0.1, 0.15) is 0 Å². The maximum atomic E-state index is 5.53. The van der Waals surface area contributed by atoms with Crippen molar-refractivity contribution >= 4 is 0 Å². The zero-order valence-corrected chi connectivity index (χ0v) is 12.9. The van der Waals surface area contributed by atoms with Crippen LogP contribution in [0, 0.1) is 5.92 Å². The average Bonchev–Trinajstić information content (AvgIpc) is 3.02. The summed E-state index contributed by atoms with van der Waals surface area (Å²) in [5, 5.41) is 4.28. The van der Waals surface area contributed by atoms with E-state index in [4.69, 9.17) is 4.74 Å². The SMILES string of the molecule is c1cnn(-c2ccc(CN(C[C@@H]3CCOC3)C3CC3)cc2)c1. The third-order valence-electron chi connectivity index (χ3n) is 4.67. The molecule has 4 nitrogen and oxygen atoms in total. The lowest BCUT2D eigenvalue weighted by Gasteiger charge is -2.25. The van der Waals surface area contributed by atoms with Crippen molar-refractivity contribution in [3.63, 3.8) is 0 Å². The van der Waals surface area contributed by atoms with E-state index in [0.717, 1.165) is 37.4 Å². The van der Waals surface area contributed by atoms with Crippen LogP contribution in [0.2, 0.25) is 0 Å². The van der Waals surface area contributed by atoms with Crippen molar-refractivity contribution in [2.75, 3.05) is 19.8 Å². The molecule has 0 spiro atoms. The minimum absolute atomic E-state index is 0.726. The molecule has 116 valence electrons. The van der Waals surface area contributed by atoms with Crippen molar-refractivity contribution in [3.8, 4) is 5.69 Å². The first kappa shape index (κ1) is 14.0. The summed E-state index contributed by atoms with van der Waals surface area (Å²) in [6.45, 7) is 4.13. The van der Waals surface area contributed by atoms with Gasteiger partial charge in [-0.2, -0.15) is 5.10 Å². The largest absolute Gasteiger partial charge is 0.381 e. The monoisotopic (exact) mass is 297 g/mol. The number of hydrogen-bond acceptors (Lipinski definition) is 3. The summed E-state index contributed by atoms with van der Waals surface area (Å²) in [5.41, 5.74) is 2.51. The van der Waals surface area contributed by atoms with Crippen molar-refractivity contribution in [2.45, 2.75) is 31.8 Å². The van der Waals surface area contributed by atoms with Gasteiger partial charge >= 0.3 is 0 Å². The Morgan fingerprint density at radius 3 is 2.68 bits per heavy atom. The Labute approximate surface area is 131 Å². The van der Waals surface area contributed by atoms with Crippen LogP contribution < -0.4 is 0 Å². The summed E-state index contributed by atoms with van der Waals surface area (Å²) in [5.74, 6) is 0.726. The first-order valence-electron chi connectivity index (χ1n) is 8.29. The summed E-state index contributed by atoms with van der Waals surface area (Å²) in [6, 6.07) is 11.5. The Hall–Kier alpha value is -1.65. The summed E-state index contributed by atoms with van der Waals surface area (Å²) in [4.78, 5) is 2.66. The smallest absolute Gasteiger partial charge is 0.0645 e. The summed E-state index contributed by atoms with van der Waals surface area (Å²) in [7, 11) is 0. The summed E-state index contributed by atoms with van der Waals surface area (Å²) < 4.78 is 7.43. The van der Waals surface area contributed by atoms with E-state index in [1.807, 2.05) is 23.1 Å². The summed E-state index contributed by atoms with van der Waals surface area (Å²) >= 11 is 0. The molecule has 1 aromatic carbocycles. The zero-order valence-electron chi connectivity index (χ0n) is 12.9. The second kappa shape index (κ2) is 6.23. The minimum atomic E-state index is 0.726. The van der Waals surface area contributed by atoms with Crippen LogP contribution in [0.15, 0.2) is 42.7 Å². The van der Waals surface area contributed by atoms with Gasteiger partial charge in [0, 0.05) is 38.1 Å². The fraction of sp³-hybridized carbons (Fsp3) is 0.500. The maximum Gasteiger partial charge on any atom is 0.0645 e. The molecule has 0 bridgehead atoms. The zero-order chi connectivity index (χ0) is 14.8. The molecule has 1 atom stereocenters. The van der Waals surface area contributed by atoms with Crippen molar-refractivity contribution in [1.29, 1.82) is 0 Å². The minimum Gasteiger partial charge on any atom is -0.381 e. The Balaban J connectivity index is 1.42. The van der Waals surface area contributed by atoms with Crippen LogP contribution >= 0.6 is 0 Å². The topological polar surface area (TPSA) is 30.3 Å². The van der Waals surface area contributed by atoms with Gasteiger partial charge in [-0.3, -0.25) is 4.90 Å². The number of nitrogens with zero attached hydrogens (tertiary/aromatic N) is 3. The van der Waals surface area contributed by atoms with Crippen molar-refractivity contribution in [3.05, 3.63) is 48.3 Å².